The van der Waals surface area contributed by atoms with Gasteiger partial charge in [0, 0.05) is 38.7 Å². The lowest BCUT2D eigenvalue weighted by Crippen LogP contribution is -2.50. The molecule has 3 fully saturated rings. The highest BCUT2D eigenvalue weighted by Gasteiger charge is 2.41. The normalized spacial score (nSPS) is 36.9. The molecule has 0 radical (unpaired) electrons. The van der Waals surface area contributed by atoms with Crippen LogP contribution in [0.15, 0.2) is 0 Å². The fourth-order valence-corrected chi connectivity index (χ4v) is 3.83. The van der Waals surface area contributed by atoms with Gasteiger partial charge in [-0.3, -0.25) is 4.79 Å². The fraction of sp³-hybridized carbons (Fsp3) is 0.933. The van der Waals surface area contributed by atoms with Crippen LogP contribution in [0.1, 0.15) is 38.5 Å². The van der Waals surface area contributed by atoms with E-state index in [0.29, 0.717) is 5.91 Å². The second kappa shape index (κ2) is 5.41. The van der Waals surface area contributed by atoms with Gasteiger partial charge in [0.05, 0.1) is 5.60 Å². The number of piperazine rings is 1. The Morgan fingerprint density at radius 1 is 1.11 bits per heavy atom. The molecule has 0 N–H and O–H groups in total. The molecule has 3 rings (SSSR count). The van der Waals surface area contributed by atoms with Gasteiger partial charge in [-0.15, -0.1) is 0 Å². The molecule has 19 heavy (non-hydrogen) atoms. The Hall–Kier alpha value is -0.610. The quantitative estimate of drug-likeness (QED) is 0.721. The molecule has 2 heterocycles. The van der Waals surface area contributed by atoms with Gasteiger partial charge < -0.3 is 14.5 Å². The highest BCUT2D eigenvalue weighted by Crippen LogP contribution is 2.41. The van der Waals surface area contributed by atoms with Crippen molar-refractivity contribution in [1.82, 2.24) is 9.80 Å². The van der Waals surface area contributed by atoms with E-state index < -0.39 is 0 Å². The van der Waals surface area contributed by atoms with E-state index >= 15 is 0 Å². The Balaban J connectivity index is 1.52. The summed E-state index contributed by atoms with van der Waals surface area (Å²) >= 11 is 0. The molecule has 0 aromatic carbocycles. The predicted octanol–water partition coefficient (Wildman–Crippen LogP) is 1.50. The van der Waals surface area contributed by atoms with E-state index in [1.807, 2.05) is 0 Å². The van der Waals surface area contributed by atoms with Crippen LogP contribution in [0.4, 0.5) is 0 Å². The minimum atomic E-state index is 0.152. The molecule has 3 aliphatic rings. The molecule has 1 saturated carbocycles. The summed E-state index contributed by atoms with van der Waals surface area (Å²) in [5.74, 6) is 0.666. The number of ether oxygens (including phenoxy) is 1. The zero-order valence-electron chi connectivity index (χ0n) is 12.1. The molecule has 2 aliphatic heterocycles. The number of amides is 1. The maximum Gasteiger partial charge on any atom is 0.225 e. The second-order valence-electron chi connectivity index (χ2n) is 6.54. The van der Waals surface area contributed by atoms with Gasteiger partial charge in [-0.25, -0.2) is 0 Å². The van der Waals surface area contributed by atoms with E-state index in [1.54, 1.807) is 0 Å². The molecule has 2 saturated heterocycles. The van der Waals surface area contributed by atoms with Gasteiger partial charge in [0.1, 0.15) is 0 Å². The lowest BCUT2D eigenvalue weighted by Gasteiger charge is -2.39. The standard InChI is InChI=1S/C15H26N2O2/c1-16-8-10-17(11-9-16)14(18)13-3-6-15(7-4-13)5-2-12-19-15/h13H,2-12H2,1H3. The molecule has 0 atom stereocenters. The Labute approximate surface area is 116 Å². The summed E-state index contributed by atoms with van der Waals surface area (Å²) in [6, 6.07) is 0. The molecule has 0 aromatic rings. The van der Waals surface area contributed by atoms with Crippen molar-refractivity contribution in [3.8, 4) is 0 Å². The highest BCUT2D eigenvalue weighted by molar-refractivity contribution is 5.79. The fourth-order valence-electron chi connectivity index (χ4n) is 3.83. The minimum absolute atomic E-state index is 0.152. The van der Waals surface area contributed by atoms with Crippen molar-refractivity contribution in [1.29, 1.82) is 0 Å². The predicted molar refractivity (Wildman–Crippen MR) is 74.0 cm³/mol. The maximum atomic E-state index is 12.5. The lowest BCUT2D eigenvalue weighted by molar-refractivity contribution is -0.140. The molecule has 108 valence electrons. The van der Waals surface area contributed by atoms with Crippen LogP contribution in [-0.4, -0.2) is 61.1 Å². The van der Waals surface area contributed by atoms with Crippen molar-refractivity contribution in [3.63, 3.8) is 0 Å². The van der Waals surface area contributed by atoms with Gasteiger partial charge in [-0.2, -0.15) is 0 Å². The molecular formula is C15H26N2O2. The average Bonchev–Trinajstić information content (AvgIpc) is 2.88. The first-order valence-electron chi connectivity index (χ1n) is 7.80. The van der Waals surface area contributed by atoms with Gasteiger partial charge in [0.15, 0.2) is 0 Å². The average molecular weight is 266 g/mol. The second-order valence-corrected chi connectivity index (χ2v) is 6.54. The minimum Gasteiger partial charge on any atom is -0.375 e. The molecule has 0 aromatic heterocycles. The summed E-state index contributed by atoms with van der Waals surface area (Å²) in [6.45, 7) is 4.79. The summed E-state index contributed by atoms with van der Waals surface area (Å²) in [4.78, 5) is 16.9. The molecule has 0 unspecified atom stereocenters. The Morgan fingerprint density at radius 3 is 2.37 bits per heavy atom. The van der Waals surface area contributed by atoms with Crippen LogP contribution in [0.2, 0.25) is 0 Å². The third kappa shape index (κ3) is 2.79. The van der Waals surface area contributed by atoms with E-state index in [-0.39, 0.29) is 11.5 Å². The molecule has 1 aliphatic carbocycles. The van der Waals surface area contributed by atoms with Gasteiger partial charge in [0.25, 0.3) is 0 Å². The number of carbonyl (C=O) groups excluding carboxylic acids is 1. The Morgan fingerprint density at radius 2 is 1.79 bits per heavy atom. The van der Waals surface area contributed by atoms with Gasteiger partial charge in [0.2, 0.25) is 5.91 Å². The number of nitrogens with zero attached hydrogens (tertiary/aromatic N) is 2. The van der Waals surface area contributed by atoms with Crippen LogP contribution >= 0.6 is 0 Å². The van der Waals surface area contributed by atoms with Crippen LogP contribution in [-0.2, 0) is 9.53 Å². The van der Waals surface area contributed by atoms with Crippen molar-refractivity contribution in [2.24, 2.45) is 5.92 Å². The van der Waals surface area contributed by atoms with Crippen molar-refractivity contribution in [3.05, 3.63) is 0 Å². The molecular weight excluding hydrogens is 240 g/mol. The van der Waals surface area contributed by atoms with Crippen LogP contribution in [0.3, 0.4) is 0 Å². The summed E-state index contributed by atoms with van der Waals surface area (Å²) < 4.78 is 5.94. The van der Waals surface area contributed by atoms with Gasteiger partial charge >= 0.3 is 0 Å². The van der Waals surface area contributed by atoms with Crippen molar-refractivity contribution in [2.75, 3.05) is 39.8 Å². The van der Waals surface area contributed by atoms with Crippen molar-refractivity contribution in [2.45, 2.75) is 44.1 Å². The van der Waals surface area contributed by atoms with E-state index in [2.05, 4.69) is 16.8 Å². The summed E-state index contributed by atoms with van der Waals surface area (Å²) in [5.41, 5.74) is 0.152. The van der Waals surface area contributed by atoms with E-state index in [9.17, 15) is 4.79 Å². The molecule has 1 spiro atoms. The van der Waals surface area contributed by atoms with Crippen molar-refractivity contribution < 1.29 is 9.53 Å². The third-order valence-electron chi connectivity index (χ3n) is 5.25. The zero-order valence-corrected chi connectivity index (χ0v) is 12.1. The van der Waals surface area contributed by atoms with Crippen LogP contribution in [0.25, 0.3) is 0 Å². The Bertz CT molecular complexity index is 321. The first-order valence-corrected chi connectivity index (χ1v) is 7.80. The number of hydrogen-bond donors (Lipinski definition) is 0. The number of likely N-dealkylation sites (N-methyl/N-ethyl adjacent to an activating group) is 1. The van der Waals surface area contributed by atoms with Crippen LogP contribution in [0, 0.1) is 5.92 Å². The molecule has 0 bridgehead atoms. The largest absolute Gasteiger partial charge is 0.375 e. The van der Waals surface area contributed by atoms with Crippen LogP contribution < -0.4 is 0 Å². The van der Waals surface area contributed by atoms with E-state index in [4.69, 9.17) is 4.74 Å². The maximum absolute atomic E-state index is 12.5. The van der Waals surface area contributed by atoms with Crippen LogP contribution in [0.5, 0.6) is 0 Å². The molecule has 4 heteroatoms. The summed E-state index contributed by atoms with van der Waals surface area (Å²) in [6.07, 6.45) is 6.67. The summed E-state index contributed by atoms with van der Waals surface area (Å²) in [7, 11) is 2.13. The molecule has 1 amide bonds. The van der Waals surface area contributed by atoms with E-state index in [0.717, 1.165) is 58.5 Å². The Kier molecular flexibility index (Phi) is 3.81. The lowest BCUT2D eigenvalue weighted by atomic mass is 9.77. The van der Waals surface area contributed by atoms with Gasteiger partial charge in [-0.1, -0.05) is 0 Å². The third-order valence-corrected chi connectivity index (χ3v) is 5.25. The monoisotopic (exact) mass is 266 g/mol. The van der Waals surface area contributed by atoms with Gasteiger partial charge in [-0.05, 0) is 45.6 Å². The highest BCUT2D eigenvalue weighted by atomic mass is 16.5. The number of hydrogen-bond acceptors (Lipinski definition) is 3. The summed E-state index contributed by atoms with van der Waals surface area (Å²) in [5, 5.41) is 0. The molecule has 4 nitrogen and oxygen atoms in total. The van der Waals surface area contributed by atoms with Crippen molar-refractivity contribution >= 4 is 5.91 Å². The zero-order chi connectivity index (χ0) is 13.3. The smallest absolute Gasteiger partial charge is 0.225 e. The number of rotatable bonds is 1. The van der Waals surface area contributed by atoms with E-state index in [1.165, 1.54) is 12.8 Å². The first-order chi connectivity index (χ1) is 9.19. The SMILES string of the molecule is CN1CCN(C(=O)C2CCC3(CCCO3)CC2)CC1. The first kappa shape index (κ1) is 13.4. The number of carbonyl (C=O) groups is 1. The topological polar surface area (TPSA) is 32.8 Å².